The lowest BCUT2D eigenvalue weighted by atomic mass is 10.1. The molecule has 1 amide bonds. The normalized spacial score (nSPS) is 18.0. The molecule has 1 aliphatic heterocycles. The highest BCUT2D eigenvalue weighted by molar-refractivity contribution is 5.93. The number of aromatic amines is 1. The van der Waals surface area contributed by atoms with Crippen molar-refractivity contribution in [1.29, 1.82) is 0 Å². The molecule has 1 saturated heterocycles. The number of rotatable bonds is 4. The lowest BCUT2D eigenvalue weighted by Gasteiger charge is -2.18. The Bertz CT molecular complexity index is 639. The summed E-state index contributed by atoms with van der Waals surface area (Å²) < 4.78 is 0. The summed E-state index contributed by atoms with van der Waals surface area (Å²) in [5.74, 6) is 1.26. The number of carbonyl (C=O) groups excluding carboxylic acids is 1. The van der Waals surface area contributed by atoms with Gasteiger partial charge in [-0.1, -0.05) is 13.8 Å². The first-order chi connectivity index (χ1) is 10.6. The van der Waals surface area contributed by atoms with Gasteiger partial charge in [0, 0.05) is 31.0 Å². The van der Waals surface area contributed by atoms with E-state index in [-0.39, 0.29) is 11.8 Å². The number of anilines is 2. The highest BCUT2D eigenvalue weighted by atomic mass is 16.2. The van der Waals surface area contributed by atoms with Gasteiger partial charge in [0.1, 0.15) is 12.1 Å². The molecule has 2 aromatic rings. The van der Waals surface area contributed by atoms with Crippen molar-refractivity contribution in [1.82, 2.24) is 20.2 Å². The third-order valence-corrected chi connectivity index (χ3v) is 3.91. The van der Waals surface area contributed by atoms with Gasteiger partial charge < -0.3 is 10.2 Å². The minimum absolute atomic E-state index is 0.0297. The molecule has 0 aromatic carbocycles. The molecular weight excluding hydrogens is 280 g/mol. The molecule has 0 aliphatic carbocycles. The molecular formula is C15H20N6O. The Morgan fingerprint density at radius 1 is 1.45 bits per heavy atom. The molecule has 0 radical (unpaired) electrons. The molecule has 2 N–H and O–H groups in total. The minimum Gasteiger partial charge on any atom is -0.356 e. The smallest absolute Gasteiger partial charge is 0.229 e. The Hall–Kier alpha value is -2.44. The first-order valence-electron chi connectivity index (χ1n) is 7.50. The molecule has 1 atom stereocenters. The molecule has 22 heavy (non-hydrogen) atoms. The van der Waals surface area contributed by atoms with E-state index in [9.17, 15) is 4.79 Å². The lowest BCUT2D eigenvalue weighted by Crippen LogP contribution is -2.27. The Morgan fingerprint density at radius 3 is 3.05 bits per heavy atom. The summed E-state index contributed by atoms with van der Waals surface area (Å²) in [5, 5.41) is 9.38. The fourth-order valence-corrected chi connectivity index (χ4v) is 2.60. The van der Waals surface area contributed by atoms with Crippen LogP contribution in [-0.4, -0.2) is 39.2 Å². The summed E-state index contributed by atoms with van der Waals surface area (Å²) >= 11 is 0. The monoisotopic (exact) mass is 300 g/mol. The van der Waals surface area contributed by atoms with Crippen molar-refractivity contribution in [2.24, 2.45) is 5.92 Å². The predicted molar refractivity (Wildman–Crippen MR) is 83.7 cm³/mol. The van der Waals surface area contributed by atoms with Crippen molar-refractivity contribution in [3.63, 3.8) is 0 Å². The third kappa shape index (κ3) is 3.08. The van der Waals surface area contributed by atoms with Gasteiger partial charge in [-0.2, -0.15) is 5.10 Å². The molecule has 1 unspecified atom stereocenters. The standard InChI is InChI=1S/C15H20N6O/c1-10(2)13-5-14(17-9-16-13)21-4-3-11(8-21)15(22)20-12-6-18-19-7-12/h5-7,9-11H,3-4,8H2,1-2H3,(H,18,19)(H,20,22). The van der Waals surface area contributed by atoms with Crippen molar-refractivity contribution in [3.05, 3.63) is 30.5 Å². The van der Waals surface area contributed by atoms with E-state index in [1.54, 1.807) is 18.7 Å². The SMILES string of the molecule is CC(C)c1cc(N2CCC(C(=O)Nc3cn[nH]c3)C2)ncn1. The molecule has 7 nitrogen and oxygen atoms in total. The molecule has 116 valence electrons. The highest BCUT2D eigenvalue weighted by Crippen LogP contribution is 2.24. The highest BCUT2D eigenvalue weighted by Gasteiger charge is 2.29. The van der Waals surface area contributed by atoms with Crippen LogP contribution in [0.5, 0.6) is 0 Å². The molecule has 2 aromatic heterocycles. The van der Waals surface area contributed by atoms with E-state index in [1.807, 2.05) is 6.07 Å². The Balaban J connectivity index is 1.64. The lowest BCUT2D eigenvalue weighted by molar-refractivity contribution is -0.119. The topological polar surface area (TPSA) is 86.8 Å². The van der Waals surface area contributed by atoms with Crippen molar-refractivity contribution < 1.29 is 4.79 Å². The largest absolute Gasteiger partial charge is 0.356 e. The number of aromatic nitrogens is 4. The predicted octanol–water partition coefficient (Wildman–Crippen LogP) is 1.79. The van der Waals surface area contributed by atoms with Gasteiger partial charge in [0.15, 0.2) is 0 Å². The van der Waals surface area contributed by atoms with Gasteiger partial charge in [0.2, 0.25) is 5.91 Å². The van der Waals surface area contributed by atoms with Crippen LogP contribution < -0.4 is 10.2 Å². The summed E-state index contributed by atoms with van der Waals surface area (Å²) in [7, 11) is 0. The molecule has 1 aliphatic rings. The molecule has 0 bridgehead atoms. The van der Waals surface area contributed by atoms with Crippen molar-refractivity contribution in [3.8, 4) is 0 Å². The van der Waals surface area contributed by atoms with Crippen LogP contribution in [0.4, 0.5) is 11.5 Å². The minimum atomic E-state index is -0.0348. The number of hydrogen-bond donors (Lipinski definition) is 2. The number of nitrogens with zero attached hydrogens (tertiary/aromatic N) is 4. The molecule has 3 rings (SSSR count). The summed E-state index contributed by atoms with van der Waals surface area (Å²) in [5.41, 5.74) is 1.73. The maximum atomic E-state index is 12.3. The van der Waals surface area contributed by atoms with Crippen LogP contribution >= 0.6 is 0 Å². The van der Waals surface area contributed by atoms with Gasteiger partial charge in [-0.05, 0) is 12.3 Å². The van der Waals surface area contributed by atoms with Crippen molar-refractivity contribution in [2.75, 3.05) is 23.3 Å². The van der Waals surface area contributed by atoms with E-state index in [0.717, 1.165) is 24.5 Å². The summed E-state index contributed by atoms with van der Waals surface area (Å²) in [6, 6.07) is 2.01. The zero-order valence-corrected chi connectivity index (χ0v) is 12.8. The number of H-pyrrole nitrogens is 1. The Kier molecular flexibility index (Phi) is 4.04. The maximum Gasteiger partial charge on any atom is 0.229 e. The number of nitrogens with one attached hydrogen (secondary N) is 2. The fourth-order valence-electron chi connectivity index (χ4n) is 2.60. The summed E-state index contributed by atoms with van der Waals surface area (Å²) in [6.45, 7) is 5.73. The second-order valence-corrected chi connectivity index (χ2v) is 5.86. The average molecular weight is 300 g/mol. The second kappa shape index (κ2) is 6.13. The van der Waals surface area contributed by atoms with Crippen LogP contribution in [0, 0.1) is 5.92 Å². The number of carbonyl (C=O) groups is 1. The quantitative estimate of drug-likeness (QED) is 0.899. The van der Waals surface area contributed by atoms with Crippen molar-refractivity contribution in [2.45, 2.75) is 26.2 Å². The molecule has 0 saturated carbocycles. The zero-order chi connectivity index (χ0) is 15.5. The number of amides is 1. The van der Waals surface area contributed by atoms with Gasteiger partial charge >= 0.3 is 0 Å². The van der Waals surface area contributed by atoms with E-state index in [0.29, 0.717) is 18.2 Å². The van der Waals surface area contributed by atoms with Crippen LogP contribution in [0.25, 0.3) is 0 Å². The molecule has 7 heteroatoms. The summed E-state index contributed by atoms with van der Waals surface area (Å²) in [6.07, 6.45) is 5.70. The first-order valence-corrected chi connectivity index (χ1v) is 7.50. The van der Waals surface area contributed by atoms with Crippen LogP contribution in [-0.2, 0) is 4.79 Å². The van der Waals surface area contributed by atoms with Crippen molar-refractivity contribution >= 4 is 17.4 Å². The Morgan fingerprint density at radius 2 is 2.32 bits per heavy atom. The zero-order valence-electron chi connectivity index (χ0n) is 12.8. The molecule has 3 heterocycles. The van der Waals surface area contributed by atoms with E-state index in [2.05, 4.69) is 44.2 Å². The third-order valence-electron chi connectivity index (χ3n) is 3.91. The molecule has 0 spiro atoms. The fraction of sp³-hybridized carbons (Fsp3) is 0.467. The van der Waals surface area contributed by atoms with Gasteiger partial charge in [-0.3, -0.25) is 9.89 Å². The van der Waals surface area contributed by atoms with Gasteiger partial charge in [-0.25, -0.2) is 9.97 Å². The average Bonchev–Trinajstić information content (AvgIpc) is 3.18. The van der Waals surface area contributed by atoms with Crippen LogP contribution in [0.1, 0.15) is 31.9 Å². The van der Waals surface area contributed by atoms with Crippen LogP contribution in [0.3, 0.4) is 0 Å². The summed E-state index contributed by atoms with van der Waals surface area (Å²) in [4.78, 5) is 23.0. The van der Waals surface area contributed by atoms with Gasteiger partial charge in [-0.15, -0.1) is 0 Å². The van der Waals surface area contributed by atoms with E-state index in [1.165, 1.54) is 0 Å². The van der Waals surface area contributed by atoms with E-state index >= 15 is 0 Å². The van der Waals surface area contributed by atoms with Gasteiger partial charge in [0.25, 0.3) is 0 Å². The van der Waals surface area contributed by atoms with Gasteiger partial charge in [0.05, 0.1) is 17.8 Å². The Labute approximate surface area is 129 Å². The first kappa shape index (κ1) is 14.5. The van der Waals surface area contributed by atoms with E-state index in [4.69, 9.17) is 0 Å². The van der Waals surface area contributed by atoms with Crippen LogP contribution in [0.15, 0.2) is 24.8 Å². The maximum absolute atomic E-state index is 12.3. The molecule has 1 fully saturated rings. The number of hydrogen-bond acceptors (Lipinski definition) is 5. The van der Waals surface area contributed by atoms with Crippen LogP contribution in [0.2, 0.25) is 0 Å². The van der Waals surface area contributed by atoms with E-state index < -0.39 is 0 Å². The second-order valence-electron chi connectivity index (χ2n) is 5.86.